The number of hydrogen-bond acceptors (Lipinski definition) is 4. The van der Waals surface area contributed by atoms with E-state index in [9.17, 15) is 4.79 Å². The second kappa shape index (κ2) is 7.97. The molecule has 1 amide bonds. The van der Waals surface area contributed by atoms with Crippen LogP contribution in [0.15, 0.2) is 0 Å². The van der Waals surface area contributed by atoms with Crippen molar-refractivity contribution in [3.8, 4) is 0 Å². The lowest BCUT2D eigenvalue weighted by atomic mass is 10.3. The first-order chi connectivity index (χ1) is 6.18. The molecule has 0 aliphatic rings. The summed E-state index contributed by atoms with van der Waals surface area (Å²) >= 11 is 0. The number of nitrogens with one attached hydrogen (secondary N) is 1. The summed E-state index contributed by atoms with van der Waals surface area (Å²) in [6, 6.07) is -0.460. The van der Waals surface area contributed by atoms with Crippen LogP contribution in [-0.2, 0) is 9.53 Å². The van der Waals surface area contributed by atoms with Crippen LogP contribution in [0.1, 0.15) is 13.3 Å². The molecule has 13 heavy (non-hydrogen) atoms. The maximum atomic E-state index is 10.9. The van der Waals surface area contributed by atoms with Crippen molar-refractivity contribution in [3.05, 3.63) is 0 Å². The van der Waals surface area contributed by atoms with Crippen molar-refractivity contribution in [2.45, 2.75) is 19.4 Å². The molecule has 0 aliphatic carbocycles. The second-order valence-electron chi connectivity index (χ2n) is 2.77. The number of nitrogens with two attached hydrogens (primary N) is 1. The van der Waals surface area contributed by atoms with Crippen LogP contribution in [0.4, 0.5) is 0 Å². The van der Waals surface area contributed by atoms with Crippen LogP contribution in [0, 0.1) is 0 Å². The third kappa shape index (κ3) is 7.70. The molecule has 0 aromatic carbocycles. The molecule has 0 aliphatic heterocycles. The smallest absolute Gasteiger partial charge is 0.236 e. The van der Waals surface area contributed by atoms with E-state index in [-0.39, 0.29) is 12.5 Å². The molecule has 0 radical (unpaired) electrons. The fourth-order valence-electron chi connectivity index (χ4n) is 0.713. The Labute approximate surface area is 78.3 Å². The third-order valence-electron chi connectivity index (χ3n) is 1.41. The molecule has 0 heterocycles. The van der Waals surface area contributed by atoms with Crippen molar-refractivity contribution in [2.75, 3.05) is 26.4 Å². The van der Waals surface area contributed by atoms with E-state index in [4.69, 9.17) is 15.6 Å². The van der Waals surface area contributed by atoms with E-state index in [1.54, 1.807) is 6.92 Å². The predicted molar refractivity (Wildman–Crippen MR) is 49.2 cm³/mol. The van der Waals surface area contributed by atoms with Crippen LogP contribution in [0.3, 0.4) is 0 Å². The van der Waals surface area contributed by atoms with E-state index in [0.29, 0.717) is 19.8 Å². The van der Waals surface area contributed by atoms with E-state index in [2.05, 4.69) is 5.32 Å². The molecule has 0 rings (SSSR count). The highest BCUT2D eigenvalue weighted by molar-refractivity contribution is 5.80. The molecule has 0 saturated carbocycles. The highest BCUT2D eigenvalue weighted by Crippen LogP contribution is 1.81. The van der Waals surface area contributed by atoms with E-state index in [1.807, 2.05) is 0 Å². The van der Waals surface area contributed by atoms with Gasteiger partial charge in [0, 0.05) is 13.2 Å². The number of aliphatic hydroxyl groups is 1. The molecule has 0 unspecified atom stereocenters. The number of ether oxygens (including phenoxy) is 1. The van der Waals surface area contributed by atoms with Gasteiger partial charge in [-0.15, -0.1) is 0 Å². The summed E-state index contributed by atoms with van der Waals surface area (Å²) in [4.78, 5) is 10.9. The lowest BCUT2D eigenvalue weighted by Gasteiger charge is -2.07. The van der Waals surface area contributed by atoms with Gasteiger partial charge in [0.05, 0.1) is 19.3 Å². The van der Waals surface area contributed by atoms with Crippen LogP contribution < -0.4 is 11.1 Å². The maximum Gasteiger partial charge on any atom is 0.236 e. The lowest BCUT2D eigenvalue weighted by molar-refractivity contribution is -0.122. The molecule has 4 N–H and O–H groups in total. The first-order valence-corrected chi connectivity index (χ1v) is 4.40. The summed E-state index contributed by atoms with van der Waals surface area (Å²) in [7, 11) is 0. The van der Waals surface area contributed by atoms with Gasteiger partial charge in [-0.05, 0) is 13.3 Å². The van der Waals surface area contributed by atoms with Gasteiger partial charge < -0.3 is 20.9 Å². The first-order valence-electron chi connectivity index (χ1n) is 4.40. The van der Waals surface area contributed by atoms with Gasteiger partial charge in [0.1, 0.15) is 0 Å². The number of aliphatic hydroxyl groups excluding tert-OH is 1. The quantitative estimate of drug-likeness (QED) is 0.442. The summed E-state index contributed by atoms with van der Waals surface area (Å²) in [6.45, 7) is 3.12. The largest absolute Gasteiger partial charge is 0.394 e. The van der Waals surface area contributed by atoms with Gasteiger partial charge >= 0.3 is 0 Å². The molecule has 5 nitrogen and oxygen atoms in total. The van der Waals surface area contributed by atoms with Crippen LogP contribution in [-0.4, -0.2) is 43.4 Å². The zero-order valence-electron chi connectivity index (χ0n) is 7.95. The topological polar surface area (TPSA) is 84.6 Å². The van der Waals surface area contributed by atoms with Crippen LogP contribution in [0.5, 0.6) is 0 Å². The maximum absolute atomic E-state index is 10.9. The van der Waals surface area contributed by atoms with Gasteiger partial charge in [0.25, 0.3) is 0 Å². The fourth-order valence-corrected chi connectivity index (χ4v) is 0.713. The number of amides is 1. The monoisotopic (exact) mass is 190 g/mol. The SMILES string of the molecule is C[C@H](N)C(=O)NCCCOCCO. The molecule has 0 fully saturated rings. The van der Waals surface area contributed by atoms with E-state index in [1.165, 1.54) is 0 Å². The normalized spacial score (nSPS) is 12.5. The average Bonchev–Trinajstić information content (AvgIpc) is 2.10. The number of hydrogen-bond donors (Lipinski definition) is 3. The Morgan fingerprint density at radius 2 is 2.31 bits per heavy atom. The second-order valence-corrected chi connectivity index (χ2v) is 2.77. The van der Waals surface area contributed by atoms with Crippen LogP contribution in [0.25, 0.3) is 0 Å². The molecule has 0 bridgehead atoms. The van der Waals surface area contributed by atoms with Gasteiger partial charge in [0.2, 0.25) is 5.91 Å². The molecule has 5 heteroatoms. The minimum absolute atomic E-state index is 0.0339. The molecule has 78 valence electrons. The van der Waals surface area contributed by atoms with Crippen molar-refractivity contribution in [1.82, 2.24) is 5.32 Å². The minimum atomic E-state index is -0.460. The van der Waals surface area contributed by atoms with Gasteiger partial charge in [-0.3, -0.25) is 4.79 Å². The Hall–Kier alpha value is -0.650. The molecular formula is C8H18N2O3. The number of carbonyl (C=O) groups excluding carboxylic acids is 1. The molecule has 0 saturated heterocycles. The number of rotatable bonds is 7. The summed E-state index contributed by atoms with van der Waals surface area (Å²) in [5.74, 6) is -0.151. The molecule has 0 spiro atoms. The lowest BCUT2D eigenvalue weighted by Crippen LogP contribution is -2.38. The Bertz CT molecular complexity index is 139. The highest BCUT2D eigenvalue weighted by atomic mass is 16.5. The van der Waals surface area contributed by atoms with Gasteiger partial charge in [-0.1, -0.05) is 0 Å². The molecule has 0 aromatic heterocycles. The Morgan fingerprint density at radius 3 is 2.85 bits per heavy atom. The van der Waals surface area contributed by atoms with Gasteiger partial charge in [-0.25, -0.2) is 0 Å². The van der Waals surface area contributed by atoms with Crippen molar-refractivity contribution >= 4 is 5.91 Å². The standard InChI is InChI=1S/C8H18N2O3/c1-7(9)8(12)10-3-2-5-13-6-4-11/h7,11H,2-6,9H2,1H3,(H,10,12)/t7-/m0/s1. The predicted octanol–water partition coefficient (Wildman–Crippen LogP) is -1.15. The minimum Gasteiger partial charge on any atom is -0.394 e. The summed E-state index contributed by atoms with van der Waals surface area (Å²) in [5, 5.41) is 11.0. The Kier molecular flexibility index (Phi) is 7.57. The molecule has 0 aromatic rings. The van der Waals surface area contributed by atoms with Crippen molar-refractivity contribution < 1.29 is 14.6 Å². The first kappa shape index (κ1) is 12.3. The average molecular weight is 190 g/mol. The zero-order chi connectivity index (χ0) is 10.1. The van der Waals surface area contributed by atoms with Gasteiger partial charge in [0.15, 0.2) is 0 Å². The summed E-state index contributed by atoms with van der Waals surface area (Å²) in [5.41, 5.74) is 5.32. The Morgan fingerprint density at radius 1 is 1.62 bits per heavy atom. The van der Waals surface area contributed by atoms with Gasteiger partial charge in [-0.2, -0.15) is 0 Å². The Balaban J connectivity index is 3.12. The third-order valence-corrected chi connectivity index (χ3v) is 1.41. The van der Waals surface area contributed by atoms with Crippen molar-refractivity contribution in [3.63, 3.8) is 0 Å². The molecule has 1 atom stereocenters. The van der Waals surface area contributed by atoms with E-state index in [0.717, 1.165) is 6.42 Å². The van der Waals surface area contributed by atoms with E-state index < -0.39 is 6.04 Å². The van der Waals surface area contributed by atoms with E-state index >= 15 is 0 Å². The van der Waals surface area contributed by atoms with Crippen molar-refractivity contribution in [1.29, 1.82) is 0 Å². The summed E-state index contributed by atoms with van der Waals surface area (Å²) in [6.07, 6.45) is 0.735. The van der Waals surface area contributed by atoms with Crippen molar-refractivity contribution in [2.24, 2.45) is 5.73 Å². The zero-order valence-corrected chi connectivity index (χ0v) is 7.95. The van der Waals surface area contributed by atoms with Crippen LogP contribution >= 0.6 is 0 Å². The number of carbonyl (C=O) groups is 1. The highest BCUT2D eigenvalue weighted by Gasteiger charge is 2.04. The fraction of sp³-hybridized carbons (Fsp3) is 0.875. The van der Waals surface area contributed by atoms with Crippen LogP contribution in [0.2, 0.25) is 0 Å². The summed E-state index contributed by atoms with van der Waals surface area (Å²) < 4.78 is 4.99. The molecular weight excluding hydrogens is 172 g/mol.